The summed E-state index contributed by atoms with van der Waals surface area (Å²) in [7, 11) is 0. The Morgan fingerprint density at radius 1 is 1.00 bits per heavy atom. The van der Waals surface area contributed by atoms with Gasteiger partial charge in [-0.2, -0.15) is 0 Å². The first-order valence-corrected chi connectivity index (χ1v) is 8.10. The molecule has 0 aliphatic rings. The number of anilines is 2. The number of hydrogen-bond donors (Lipinski definition) is 2. The number of aromatic nitrogens is 1. The van der Waals surface area contributed by atoms with Crippen molar-refractivity contribution in [3.05, 3.63) is 88.7 Å². The fourth-order valence-electron chi connectivity index (χ4n) is 2.27. The van der Waals surface area contributed by atoms with Gasteiger partial charge in [0.2, 0.25) is 0 Å². The van der Waals surface area contributed by atoms with Crippen molar-refractivity contribution in [3.63, 3.8) is 0 Å². The highest BCUT2D eigenvalue weighted by Gasteiger charge is 2.10. The summed E-state index contributed by atoms with van der Waals surface area (Å²) in [5.74, 6) is -2.55. The summed E-state index contributed by atoms with van der Waals surface area (Å²) < 4.78 is 26.2. The van der Waals surface area contributed by atoms with E-state index in [0.717, 1.165) is 17.7 Å². The summed E-state index contributed by atoms with van der Waals surface area (Å²) in [6.45, 7) is 0.480. The van der Waals surface area contributed by atoms with Crippen molar-refractivity contribution in [3.8, 4) is 0 Å². The first-order chi connectivity index (χ1) is 12.5. The standard InChI is InChI=1S/C19H14ClF2N3O/c20-15-4-2-1-3-12(15)11-24-13-7-8-23-18(10-13)19(26)25-14-5-6-16(21)17(22)9-14/h1-10H,11H2,(H,23,24)(H,25,26). The summed E-state index contributed by atoms with van der Waals surface area (Å²) in [6.07, 6.45) is 1.48. The van der Waals surface area contributed by atoms with Crippen LogP contribution in [0.25, 0.3) is 0 Å². The Labute approximate surface area is 153 Å². The van der Waals surface area contributed by atoms with Gasteiger partial charge in [0.15, 0.2) is 11.6 Å². The van der Waals surface area contributed by atoms with Crippen LogP contribution < -0.4 is 10.6 Å². The van der Waals surface area contributed by atoms with Crippen LogP contribution in [-0.4, -0.2) is 10.9 Å². The molecule has 0 saturated heterocycles. The van der Waals surface area contributed by atoms with Crippen molar-refractivity contribution in [2.45, 2.75) is 6.54 Å². The summed E-state index contributed by atoms with van der Waals surface area (Å²) in [6, 6.07) is 13.8. The number of carbonyl (C=O) groups excluding carboxylic acids is 1. The van der Waals surface area contributed by atoms with E-state index in [4.69, 9.17) is 11.6 Å². The van der Waals surface area contributed by atoms with Gasteiger partial charge in [-0.05, 0) is 35.9 Å². The fourth-order valence-corrected chi connectivity index (χ4v) is 2.48. The largest absolute Gasteiger partial charge is 0.381 e. The number of rotatable bonds is 5. The van der Waals surface area contributed by atoms with Gasteiger partial charge in [0.05, 0.1) is 0 Å². The summed E-state index contributed by atoms with van der Waals surface area (Å²) in [5.41, 5.74) is 1.87. The van der Waals surface area contributed by atoms with Crippen LogP contribution in [0, 0.1) is 11.6 Å². The summed E-state index contributed by atoms with van der Waals surface area (Å²) in [5, 5.41) is 6.29. The van der Waals surface area contributed by atoms with Gasteiger partial charge < -0.3 is 10.6 Å². The van der Waals surface area contributed by atoms with Crippen molar-refractivity contribution in [2.75, 3.05) is 10.6 Å². The predicted octanol–water partition coefficient (Wildman–Crippen LogP) is 4.88. The van der Waals surface area contributed by atoms with Crippen molar-refractivity contribution in [1.82, 2.24) is 4.98 Å². The number of nitrogens with one attached hydrogen (secondary N) is 2. The number of halogens is 3. The monoisotopic (exact) mass is 373 g/mol. The smallest absolute Gasteiger partial charge is 0.274 e. The lowest BCUT2D eigenvalue weighted by Gasteiger charge is -2.10. The molecule has 0 radical (unpaired) electrons. The lowest BCUT2D eigenvalue weighted by Crippen LogP contribution is -2.14. The topological polar surface area (TPSA) is 54.0 Å². The molecule has 0 fully saturated rings. The van der Waals surface area contributed by atoms with Crippen LogP contribution in [0.5, 0.6) is 0 Å². The molecule has 0 atom stereocenters. The molecular formula is C19H14ClF2N3O. The first-order valence-electron chi connectivity index (χ1n) is 7.72. The molecule has 26 heavy (non-hydrogen) atoms. The van der Waals surface area contributed by atoms with Crippen LogP contribution in [0.1, 0.15) is 16.1 Å². The maximum atomic E-state index is 13.2. The second kappa shape index (κ2) is 7.93. The van der Waals surface area contributed by atoms with E-state index in [1.807, 2.05) is 18.2 Å². The molecule has 0 unspecified atom stereocenters. The Hall–Kier alpha value is -2.99. The quantitative estimate of drug-likeness (QED) is 0.670. The third-order valence-corrected chi connectivity index (χ3v) is 3.98. The molecular weight excluding hydrogens is 360 g/mol. The lowest BCUT2D eigenvalue weighted by atomic mass is 10.2. The molecule has 132 valence electrons. The van der Waals surface area contributed by atoms with E-state index in [-0.39, 0.29) is 11.4 Å². The van der Waals surface area contributed by atoms with E-state index in [2.05, 4.69) is 15.6 Å². The van der Waals surface area contributed by atoms with Gasteiger partial charge in [0, 0.05) is 35.2 Å². The highest BCUT2D eigenvalue weighted by atomic mass is 35.5. The molecule has 3 aromatic rings. The zero-order valence-corrected chi connectivity index (χ0v) is 14.2. The predicted molar refractivity (Wildman–Crippen MR) is 97.3 cm³/mol. The average molecular weight is 374 g/mol. The molecule has 0 aliphatic heterocycles. The molecule has 0 aliphatic carbocycles. The van der Waals surface area contributed by atoms with Crippen LogP contribution >= 0.6 is 11.6 Å². The van der Waals surface area contributed by atoms with E-state index in [0.29, 0.717) is 17.3 Å². The van der Waals surface area contributed by atoms with E-state index in [1.54, 1.807) is 18.2 Å². The molecule has 1 aromatic heterocycles. The van der Waals surface area contributed by atoms with Crippen LogP contribution in [0.4, 0.5) is 20.2 Å². The molecule has 1 amide bonds. The summed E-state index contributed by atoms with van der Waals surface area (Å²) >= 11 is 6.11. The third-order valence-electron chi connectivity index (χ3n) is 3.61. The van der Waals surface area contributed by atoms with Crippen molar-refractivity contribution in [2.24, 2.45) is 0 Å². The molecule has 1 heterocycles. The van der Waals surface area contributed by atoms with E-state index in [9.17, 15) is 13.6 Å². The van der Waals surface area contributed by atoms with Crippen LogP contribution in [0.15, 0.2) is 60.8 Å². The van der Waals surface area contributed by atoms with Gasteiger partial charge in [-0.25, -0.2) is 8.78 Å². The molecule has 4 nitrogen and oxygen atoms in total. The maximum absolute atomic E-state index is 13.2. The zero-order valence-electron chi connectivity index (χ0n) is 13.5. The molecule has 2 N–H and O–H groups in total. The van der Waals surface area contributed by atoms with Crippen LogP contribution in [-0.2, 0) is 6.54 Å². The molecule has 2 aromatic carbocycles. The molecule has 7 heteroatoms. The Morgan fingerprint density at radius 2 is 1.81 bits per heavy atom. The van der Waals surface area contributed by atoms with E-state index >= 15 is 0 Å². The van der Waals surface area contributed by atoms with Crippen molar-refractivity contribution >= 4 is 28.9 Å². The SMILES string of the molecule is O=C(Nc1ccc(F)c(F)c1)c1cc(NCc2ccccc2Cl)ccn1. The van der Waals surface area contributed by atoms with Gasteiger partial charge in [0.1, 0.15) is 5.69 Å². The number of nitrogens with zero attached hydrogens (tertiary/aromatic N) is 1. The number of carbonyl (C=O) groups is 1. The number of amides is 1. The minimum absolute atomic E-state index is 0.138. The number of pyridine rings is 1. The van der Waals surface area contributed by atoms with Crippen molar-refractivity contribution < 1.29 is 13.6 Å². The first kappa shape index (κ1) is 17.8. The second-order valence-corrected chi connectivity index (χ2v) is 5.86. The van der Waals surface area contributed by atoms with Gasteiger partial charge in [0.25, 0.3) is 5.91 Å². The van der Waals surface area contributed by atoms with E-state index < -0.39 is 17.5 Å². The number of hydrogen-bond acceptors (Lipinski definition) is 3. The van der Waals surface area contributed by atoms with Crippen molar-refractivity contribution in [1.29, 1.82) is 0 Å². The molecule has 0 bridgehead atoms. The lowest BCUT2D eigenvalue weighted by molar-refractivity contribution is 0.102. The molecule has 3 rings (SSSR count). The second-order valence-electron chi connectivity index (χ2n) is 5.46. The normalized spacial score (nSPS) is 10.4. The van der Waals surface area contributed by atoms with Gasteiger partial charge >= 0.3 is 0 Å². The van der Waals surface area contributed by atoms with Gasteiger partial charge in [-0.1, -0.05) is 29.8 Å². The Kier molecular flexibility index (Phi) is 5.43. The highest BCUT2D eigenvalue weighted by molar-refractivity contribution is 6.31. The van der Waals surface area contributed by atoms with Gasteiger partial charge in [-0.3, -0.25) is 9.78 Å². The van der Waals surface area contributed by atoms with Crippen LogP contribution in [0.3, 0.4) is 0 Å². The Bertz CT molecular complexity index is 950. The minimum Gasteiger partial charge on any atom is -0.381 e. The Morgan fingerprint density at radius 3 is 2.58 bits per heavy atom. The van der Waals surface area contributed by atoms with Gasteiger partial charge in [-0.15, -0.1) is 0 Å². The zero-order chi connectivity index (χ0) is 18.5. The Balaban J connectivity index is 1.69. The third kappa shape index (κ3) is 4.34. The van der Waals surface area contributed by atoms with E-state index in [1.165, 1.54) is 12.3 Å². The minimum atomic E-state index is -1.04. The molecule has 0 spiro atoms. The maximum Gasteiger partial charge on any atom is 0.274 e. The average Bonchev–Trinajstić information content (AvgIpc) is 2.64. The number of benzene rings is 2. The molecule has 0 saturated carbocycles. The van der Waals surface area contributed by atoms with Crippen LogP contribution in [0.2, 0.25) is 5.02 Å². The summed E-state index contributed by atoms with van der Waals surface area (Å²) in [4.78, 5) is 16.3. The fraction of sp³-hybridized carbons (Fsp3) is 0.0526. The highest BCUT2D eigenvalue weighted by Crippen LogP contribution is 2.18.